The first-order chi connectivity index (χ1) is 8.67. The van der Waals surface area contributed by atoms with E-state index in [4.69, 9.17) is 9.39 Å². The Labute approximate surface area is 129 Å². The Balaban J connectivity index is 2.75. The highest BCUT2D eigenvalue weighted by atomic mass is 127. The van der Waals surface area contributed by atoms with Gasteiger partial charge in [0.05, 0.1) is 17.8 Å². The summed E-state index contributed by atoms with van der Waals surface area (Å²) in [4.78, 5) is 0. The van der Waals surface area contributed by atoms with Crippen molar-refractivity contribution in [2.24, 2.45) is 0 Å². The summed E-state index contributed by atoms with van der Waals surface area (Å²) in [7, 11) is 1.68. The summed E-state index contributed by atoms with van der Waals surface area (Å²) in [5.74, 6) is 0. The van der Waals surface area contributed by atoms with Gasteiger partial charge in [-0.25, -0.2) is 0 Å². The Morgan fingerprint density at radius 2 is 1.68 bits per heavy atom. The van der Waals surface area contributed by atoms with Crippen molar-refractivity contribution < 1.29 is 14.5 Å². The predicted octanol–water partition coefficient (Wildman–Crippen LogP) is 2.53. The molecule has 0 unspecified atom stereocenters. The second kappa shape index (κ2) is 6.56. The van der Waals surface area contributed by atoms with Gasteiger partial charge < -0.3 is 14.5 Å². The fourth-order valence-corrected chi connectivity index (χ4v) is 2.45. The van der Waals surface area contributed by atoms with E-state index in [1.165, 1.54) is 0 Å². The molecule has 0 fully saturated rings. The lowest BCUT2D eigenvalue weighted by molar-refractivity contribution is -0.0897. The van der Waals surface area contributed by atoms with Crippen LogP contribution in [0.5, 0.6) is 0 Å². The number of halogens is 1. The number of hydrogen-bond acceptors (Lipinski definition) is 3. The number of benzene rings is 1. The minimum absolute atomic E-state index is 0.101. The highest BCUT2D eigenvalue weighted by Crippen LogP contribution is 2.26. The fourth-order valence-electron chi connectivity index (χ4n) is 1.40. The predicted molar refractivity (Wildman–Crippen MR) is 88.0 cm³/mol. The van der Waals surface area contributed by atoms with Crippen molar-refractivity contribution >= 4 is 32.6 Å². The van der Waals surface area contributed by atoms with Crippen LogP contribution in [0.1, 0.15) is 33.3 Å². The molecule has 0 aliphatic carbocycles. The van der Waals surface area contributed by atoms with Gasteiger partial charge in [0.25, 0.3) is 0 Å². The van der Waals surface area contributed by atoms with E-state index < -0.39 is 11.2 Å². The van der Waals surface area contributed by atoms with Gasteiger partial charge in [0.2, 0.25) is 0 Å². The quantitative estimate of drug-likeness (QED) is 0.613. The van der Waals surface area contributed by atoms with Crippen LogP contribution in [0.2, 0.25) is 0 Å². The van der Waals surface area contributed by atoms with Gasteiger partial charge in [0.1, 0.15) is 0 Å². The summed E-state index contributed by atoms with van der Waals surface area (Å²) in [6, 6.07) is 8.13. The van der Waals surface area contributed by atoms with Gasteiger partial charge in [-0.2, -0.15) is 0 Å². The largest absolute Gasteiger partial charge is 0.414 e. The van der Waals surface area contributed by atoms with Gasteiger partial charge in [-0.3, -0.25) is 0 Å². The third-order valence-corrected chi connectivity index (χ3v) is 4.40. The van der Waals surface area contributed by atoms with Crippen LogP contribution >= 0.6 is 22.4 Å². The number of ether oxygens (including phenoxy) is 1. The Morgan fingerprint density at radius 3 is 2.11 bits per heavy atom. The normalized spacial score (nSPS) is 12.6. The Bertz CT molecular complexity index is 398. The van der Waals surface area contributed by atoms with E-state index in [0.29, 0.717) is 6.61 Å². The van der Waals surface area contributed by atoms with Crippen LogP contribution in [0.4, 0.5) is 0 Å². The zero-order valence-electron chi connectivity index (χ0n) is 12.2. The van der Waals surface area contributed by atoms with E-state index in [1.54, 1.807) is 21.0 Å². The average Bonchev–Trinajstić information content (AvgIpc) is 2.28. The van der Waals surface area contributed by atoms with Crippen molar-refractivity contribution in [1.29, 1.82) is 0 Å². The monoisotopic (exact) mass is 376 g/mol. The molecule has 0 heterocycles. The van der Waals surface area contributed by atoms with E-state index in [9.17, 15) is 5.11 Å². The zero-order chi connectivity index (χ0) is 14.7. The van der Waals surface area contributed by atoms with Crippen molar-refractivity contribution in [3.05, 3.63) is 29.8 Å². The molecule has 106 valence electrons. The molecule has 0 aromatic heterocycles. The molecular weight excluding hydrogens is 354 g/mol. The fraction of sp³-hybridized carbons (Fsp3) is 0.571. The average molecular weight is 376 g/mol. The van der Waals surface area contributed by atoms with E-state index in [2.05, 4.69) is 22.4 Å². The lowest BCUT2D eigenvalue weighted by Gasteiger charge is -2.38. The highest BCUT2D eigenvalue weighted by Gasteiger charge is 2.38. The molecule has 5 heteroatoms. The summed E-state index contributed by atoms with van der Waals surface area (Å²) in [5, 5.41) is 10.1. The lowest BCUT2D eigenvalue weighted by Crippen LogP contribution is -2.51. The molecule has 1 rings (SSSR count). The van der Waals surface area contributed by atoms with Crippen molar-refractivity contribution in [2.75, 3.05) is 7.11 Å². The van der Waals surface area contributed by atoms with Crippen LogP contribution in [0.15, 0.2) is 24.3 Å². The summed E-state index contributed by atoms with van der Waals surface area (Å²) in [6.45, 7) is 7.94. The van der Waals surface area contributed by atoms with Crippen molar-refractivity contribution in [2.45, 2.75) is 45.5 Å². The number of hydrogen-bond donors (Lipinski definition) is 1. The zero-order valence-corrected chi connectivity index (χ0v) is 14.4. The van der Waals surface area contributed by atoms with Gasteiger partial charge in [0.15, 0.2) is 0 Å². The third kappa shape index (κ3) is 4.74. The minimum Gasteiger partial charge on any atom is -0.414 e. The SMILES string of the molecule is COCc1ccc(B(I)OC(C)(C)C(C)(C)O)cc1. The Hall–Kier alpha value is -0.105. The first-order valence-corrected chi connectivity index (χ1v) is 7.54. The van der Waals surface area contributed by atoms with Crippen LogP contribution in [-0.2, 0) is 16.0 Å². The minimum atomic E-state index is -0.896. The molecule has 0 aliphatic rings. The van der Waals surface area contributed by atoms with E-state index in [1.807, 2.05) is 38.1 Å². The Kier molecular flexibility index (Phi) is 5.86. The summed E-state index contributed by atoms with van der Waals surface area (Å²) in [5.41, 5.74) is 0.700. The lowest BCUT2D eigenvalue weighted by atomic mass is 9.82. The summed E-state index contributed by atoms with van der Waals surface area (Å²) in [6.07, 6.45) is 0. The van der Waals surface area contributed by atoms with Crippen molar-refractivity contribution in [3.63, 3.8) is 0 Å². The van der Waals surface area contributed by atoms with Crippen LogP contribution in [0.25, 0.3) is 0 Å². The molecule has 0 bridgehead atoms. The van der Waals surface area contributed by atoms with E-state index in [-0.39, 0.29) is 4.77 Å². The Morgan fingerprint density at radius 1 is 1.16 bits per heavy atom. The van der Waals surface area contributed by atoms with Gasteiger partial charge in [-0.05, 0) is 38.7 Å². The standard InChI is InChI=1S/C14H22BIO3/c1-13(2,17)14(3,4)19-15(16)12-8-6-11(7-9-12)10-18-5/h6-9,17H,10H2,1-5H3. The van der Waals surface area contributed by atoms with Crippen LogP contribution < -0.4 is 5.46 Å². The second-order valence-corrected chi connectivity index (χ2v) is 6.81. The number of rotatable bonds is 6. The molecule has 19 heavy (non-hydrogen) atoms. The molecule has 1 N–H and O–H groups in total. The van der Waals surface area contributed by atoms with Gasteiger partial charge >= 0.3 is 4.77 Å². The number of methoxy groups -OCH3 is 1. The van der Waals surface area contributed by atoms with Crippen LogP contribution in [0, 0.1) is 0 Å². The topological polar surface area (TPSA) is 38.7 Å². The first-order valence-electron chi connectivity index (χ1n) is 6.29. The molecule has 0 spiro atoms. The molecule has 0 saturated heterocycles. The van der Waals surface area contributed by atoms with Gasteiger partial charge in [0, 0.05) is 7.11 Å². The van der Waals surface area contributed by atoms with Crippen LogP contribution in [-0.4, -0.2) is 28.2 Å². The molecule has 0 amide bonds. The molecule has 3 nitrogen and oxygen atoms in total. The molecule has 0 aliphatic heterocycles. The first kappa shape index (κ1) is 16.9. The molecule has 1 aromatic rings. The van der Waals surface area contributed by atoms with Crippen molar-refractivity contribution in [1.82, 2.24) is 0 Å². The molecule has 0 atom stereocenters. The van der Waals surface area contributed by atoms with E-state index in [0.717, 1.165) is 11.0 Å². The van der Waals surface area contributed by atoms with Gasteiger partial charge in [-0.15, -0.1) is 22.4 Å². The highest BCUT2D eigenvalue weighted by molar-refractivity contribution is 14.1. The maximum absolute atomic E-state index is 10.1. The smallest absolute Gasteiger partial charge is 0.400 e. The van der Waals surface area contributed by atoms with E-state index >= 15 is 0 Å². The molecule has 0 saturated carbocycles. The van der Waals surface area contributed by atoms with Crippen molar-refractivity contribution in [3.8, 4) is 0 Å². The number of aliphatic hydroxyl groups is 1. The summed E-state index contributed by atoms with van der Waals surface area (Å²) < 4.78 is 11.0. The molecule has 1 aromatic carbocycles. The van der Waals surface area contributed by atoms with Gasteiger partial charge in [-0.1, -0.05) is 24.3 Å². The maximum Gasteiger partial charge on any atom is 0.400 e. The van der Waals surface area contributed by atoms with Crippen LogP contribution in [0.3, 0.4) is 0 Å². The molecular formula is C14H22BIO3. The maximum atomic E-state index is 10.1. The molecule has 0 radical (unpaired) electrons. The second-order valence-electron chi connectivity index (χ2n) is 5.68. The summed E-state index contributed by atoms with van der Waals surface area (Å²) >= 11 is 2.24. The third-order valence-electron chi connectivity index (χ3n) is 3.42.